The van der Waals surface area contributed by atoms with Gasteiger partial charge in [-0.3, -0.25) is 4.39 Å². The molecule has 14 heavy (non-hydrogen) atoms. The summed E-state index contributed by atoms with van der Waals surface area (Å²) in [6.07, 6.45) is 0. The maximum Gasteiger partial charge on any atom is 2.00 e. The zero-order valence-corrected chi connectivity index (χ0v) is 11.4. The number of halogens is 2. The summed E-state index contributed by atoms with van der Waals surface area (Å²) in [5.74, 6) is 0.266. The molecule has 0 spiro atoms. The van der Waals surface area contributed by atoms with Crippen LogP contribution in [-0.4, -0.2) is 29.7 Å². The number of hydrogen-bond donors (Lipinski definition) is 0. The summed E-state index contributed by atoms with van der Waals surface area (Å²) in [7, 11) is 0. The molecule has 0 unspecified atom stereocenters. The van der Waals surface area contributed by atoms with Gasteiger partial charge in [-0.25, -0.2) is 0 Å². The van der Waals surface area contributed by atoms with Gasteiger partial charge in [0.2, 0.25) is 0 Å². The standard InChI is InChI=1S/C10H12FO.BrH.Mg/c1-8(2)7-12-10-6-4-3-5-9(10)11;;/h3-5,8H,7H2,1-2H3;1H;/q-1;;+2/p-1. The van der Waals surface area contributed by atoms with Crippen molar-refractivity contribution in [2.24, 2.45) is 5.92 Å². The van der Waals surface area contributed by atoms with Crippen LogP contribution in [0.15, 0.2) is 18.2 Å². The number of rotatable bonds is 3. The largest absolute Gasteiger partial charge is 2.00 e. The Morgan fingerprint density at radius 1 is 1.50 bits per heavy atom. The zero-order valence-electron chi connectivity index (χ0n) is 8.39. The van der Waals surface area contributed by atoms with E-state index in [1.165, 1.54) is 6.07 Å². The van der Waals surface area contributed by atoms with Crippen LogP contribution in [0.4, 0.5) is 4.39 Å². The molecule has 0 aliphatic rings. The van der Waals surface area contributed by atoms with Crippen LogP contribution in [0.2, 0.25) is 0 Å². The van der Waals surface area contributed by atoms with Crippen molar-refractivity contribution in [1.82, 2.24) is 0 Å². The van der Waals surface area contributed by atoms with Crippen molar-refractivity contribution >= 4 is 23.1 Å². The van der Waals surface area contributed by atoms with Gasteiger partial charge >= 0.3 is 23.1 Å². The van der Waals surface area contributed by atoms with Crippen molar-refractivity contribution in [3.8, 4) is 5.75 Å². The zero-order chi connectivity index (χ0) is 8.97. The van der Waals surface area contributed by atoms with Crippen LogP contribution >= 0.6 is 0 Å². The Kier molecular flexibility index (Phi) is 10.1. The first-order chi connectivity index (χ1) is 5.70. The van der Waals surface area contributed by atoms with Gasteiger partial charge < -0.3 is 21.7 Å². The summed E-state index contributed by atoms with van der Waals surface area (Å²) in [6.45, 7) is 4.55. The summed E-state index contributed by atoms with van der Waals surface area (Å²) in [5, 5.41) is 0. The topological polar surface area (TPSA) is 9.23 Å². The molecule has 0 N–H and O–H groups in total. The van der Waals surface area contributed by atoms with Crippen LogP contribution in [0.1, 0.15) is 13.8 Å². The van der Waals surface area contributed by atoms with E-state index in [1.54, 1.807) is 12.1 Å². The molecule has 4 heteroatoms. The average Bonchev–Trinajstić information content (AvgIpc) is 2.03. The quantitative estimate of drug-likeness (QED) is 0.521. The maximum atomic E-state index is 12.9. The van der Waals surface area contributed by atoms with Crippen LogP contribution in [0.3, 0.4) is 0 Å². The molecule has 0 aliphatic heterocycles. The Hall–Kier alpha value is 0.196. The molecule has 1 aromatic rings. The van der Waals surface area contributed by atoms with E-state index in [-0.39, 0.29) is 51.6 Å². The molecular formula is C10H12BrFMgO. The molecule has 1 nitrogen and oxygen atoms in total. The maximum absolute atomic E-state index is 12.9. The van der Waals surface area contributed by atoms with Gasteiger partial charge in [0.15, 0.2) is 0 Å². The third-order valence-electron chi connectivity index (χ3n) is 1.33. The van der Waals surface area contributed by atoms with E-state index in [4.69, 9.17) is 4.74 Å². The van der Waals surface area contributed by atoms with Gasteiger partial charge in [-0.1, -0.05) is 13.8 Å². The minimum Gasteiger partial charge on any atom is -1.00 e. The molecule has 0 aliphatic carbocycles. The van der Waals surface area contributed by atoms with Crippen molar-refractivity contribution in [2.45, 2.75) is 13.8 Å². The first-order valence-corrected chi connectivity index (χ1v) is 3.99. The fourth-order valence-electron chi connectivity index (χ4n) is 0.762. The molecule has 1 aromatic carbocycles. The third kappa shape index (κ3) is 5.83. The second kappa shape index (κ2) is 8.50. The SMILES string of the molecule is CC(C)COc1[c-]cccc1F.[Br-].[Mg+2]. The van der Waals surface area contributed by atoms with Gasteiger partial charge in [0, 0.05) is 11.6 Å². The normalized spacial score (nSPS) is 8.86. The van der Waals surface area contributed by atoms with Gasteiger partial charge in [0.25, 0.3) is 0 Å². The number of benzene rings is 1. The molecule has 0 fully saturated rings. The second-order valence-electron chi connectivity index (χ2n) is 3.05. The summed E-state index contributed by atoms with van der Waals surface area (Å²) in [6, 6.07) is 7.29. The first-order valence-electron chi connectivity index (χ1n) is 3.99. The van der Waals surface area contributed by atoms with Gasteiger partial charge in [-0.2, -0.15) is 12.1 Å². The molecule has 0 heterocycles. The molecule has 0 aromatic heterocycles. The predicted octanol–water partition coefficient (Wildman–Crippen LogP) is -0.716. The molecule has 74 valence electrons. The van der Waals surface area contributed by atoms with Crippen molar-refractivity contribution in [3.05, 3.63) is 30.1 Å². The number of ether oxygens (including phenoxy) is 1. The van der Waals surface area contributed by atoms with Gasteiger partial charge in [0.05, 0.1) is 6.61 Å². The Balaban J connectivity index is 0. The van der Waals surface area contributed by atoms with E-state index < -0.39 is 0 Å². The molecule has 0 bridgehead atoms. The van der Waals surface area contributed by atoms with E-state index in [1.807, 2.05) is 13.8 Å². The van der Waals surface area contributed by atoms with Crippen molar-refractivity contribution < 1.29 is 26.1 Å². The Bertz CT molecular complexity index is 256. The van der Waals surface area contributed by atoms with E-state index in [2.05, 4.69) is 6.07 Å². The molecular weight excluding hydrogens is 259 g/mol. The summed E-state index contributed by atoms with van der Waals surface area (Å²) >= 11 is 0. The van der Waals surface area contributed by atoms with Gasteiger partial charge in [0.1, 0.15) is 0 Å². The average molecular weight is 271 g/mol. The van der Waals surface area contributed by atoms with E-state index in [9.17, 15) is 4.39 Å². The number of para-hydroxylation sites is 1. The summed E-state index contributed by atoms with van der Waals surface area (Å²) in [5.41, 5.74) is 0. The van der Waals surface area contributed by atoms with Gasteiger partial charge in [-0.15, -0.1) is 12.1 Å². The molecule has 0 saturated carbocycles. The fourth-order valence-corrected chi connectivity index (χ4v) is 0.762. The Labute approximate surface area is 111 Å². The van der Waals surface area contributed by atoms with E-state index in [0.29, 0.717) is 12.5 Å². The van der Waals surface area contributed by atoms with Gasteiger partial charge in [-0.05, 0) is 5.92 Å². The molecule has 1 rings (SSSR count). The minimum absolute atomic E-state index is 0. The molecule has 0 amide bonds. The summed E-state index contributed by atoms with van der Waals surface area (Å²) in [4.78, 5) is 0. The smallest absolute Gasteiger partial charge is 1.00 e. The van der Waals surface area contributed by atoms with Crippen LogP contribution in [0, 0.1) is 17.8 Å². The van der Waals surface area contributed by atoms with Crippen molar-refractivity contribution in [1.29, 1.82) is 0 Å². The number of hydrogen-bond acceptors (Lipinski definition) is 1. The van der Waals surface area contributed by atoms with E-state index in [0.717, 1.165) is 0 Å². The predicted molar refractivity (Wildman–Crippen MR) is 51.3 cm³/mol. The minimum atomic E-state index is -0.349. The third-order valence-corrected chi connectivity index (χ3v) is 1.33. The molecule has 0 saturated heterocycles. The van der Waals surface area contributed by atoms with Crippen LogP contribution in [0.25, 0.3) is 0 Å². The summed E-state index contributed by atoms with van der Waals surface area (Å²) < 4.78 is 18.1. The Morgan fingerprint density at radius 2 is 2.14 bits per heavy atom. The van der Waals surface area contributed by atoms with Crippen molar-refractivity contribution in [2.75, 3.05) is 6.61 Å². The van der Waals surface area contributed by atoms with Crippen LogP contribution in [0.5, 0.6) is 5.75 Å². The monoisotopic (exact) mass is 270 g/mol. The second-order valence-corrected chi connectivity index (χ2v) is 3.05. The van der Waals surface area contributed by atoms with Crippen LogP contribution in [-0.2, 0) is 0 Å². The van der Waals surface area contributed by atoms with E-state index >= 15 is 0 Å². The Morgan fingerprint density at radius 3 is 2.64 bits per heavy atom. The van der Waals surface area contributed by atoms with Crippen molar-refractivity contribution in [3.63, 3.8) is 0 Å². The first kappa shape index (κ1) is 16.6. The molecule has 0 atom stereocenters. The van der Waals surface area contributed by atoms with Crippen LogP contribution < -0.4 is 21.7 Å². The molecule has 0 radical (unpaired) electrons. The fraction of sp³-hybridized carbons (Fsp3) is 0.400.